The normalized spacial score (nSPS) is 10.6. The van der Waals surface area contributed by atoms with E-state index in [-0.39, 0.29) is 0 Å². The predicted octanol–water partition coefficient (Wildman–Crippen LogP) is 4.39. The molecule has 0 atom stereocenters. The lowest BCUT2D eigenvalue weighted by atomic mass is 10.1. The number of ether oxygens (including phenoxy) is 3. The fourth-order valence-corrected chi connectivity index (χ4v) is 3.99. The topological polar surface area (TPSA) is 89.3 Å². The van der Waals surface area contributed by atoms with Gasteiger partial charge in [0.15, 0.2) is 17.3 Å². The number of rotatable bonds is 7. The second-order valence-corrected chi connectivity index (χ2v) is 7.05. The molecule has 7 nitrogen and oxygen atoms in total. The Kier molecular flexibility index (Phi) is 5.85. The highest BCUT2D eigenvalue weighted by Gasteiger charge is 2.22. The zero-order valence-electron chi connectivity index (χ0n) is 16.5. The Hall–Kier alpha value is -3.05. The van der Waals surface area contributed by atoms with Crippen LogP contribution in [0.3, 0.4) is 0 Å². The van der Waals surface area contributed by atoms with Crippen LogP contribution in [0.15, 0.2) is 12.1 Å². The van der Waals surface area contributed by atoms with Crippen LogP contribution in [-0.2, 0) is 0 Å². The average molecular weight is 398 g/mol. The smallest absolute Gasteiger partial charge is 0.204 e. The molecule has 1 aromatic carbocycles. The minimum absolute atomic E-state index is 0.481. The molecule has 3 aromatic rings. The standard InChI is InChI=1S/C20H22N4O3S/c1-6-9-22-19-15-11(2)14(10-21)28-20(15)24-18(23-19)12-7-8-13(25-3)17(27-5)16(12)26-4/h7-8H,6,9H2,1-5H3,(H,22,23,24). The summed E-state index contributed by atoms with van der Waals surface area (Å²) in [4.78, 5) is 10.9. The van der Waals surface area contributed by atoms with Gasteiger partial charge in [0.2, 0.25) is 5.75 Å². The summed E-state index contributed by atoms with van der Waals surface area (Å²) in [6.07, 6.45) is 0.953. The Bertz CT molecular complexity index is 1060. The largest absolute Gasteiger partial charge is 0.493 e. The van der Waals surface area contributed by atoms with E-state index in [1.807, 2.05) is 13.0 Å². The van der Waals surface area contributed by atoms with Crippen molar-refractivity contribution in [3.63, 3.8) is 0 Å². The van der Waals surface area contributed by atoms with Gasteiger partial charge in [0, 0.05) is 6.54 Å². The van der Waals surface area contributed by atoms with Crippen LogP contribution < -0.4 is 19.5 Å². The maximum Gasteiger partial charge on any atom is 0.204 e. The van der Waals surface area contributed by atoms with E-state index in [1.54, 1.807) is 27.4 Å². The van der Waals surface area contributed by atoms with E-state index in [0.29, 0.717) is 39.3 Å². The first-order valence-electron chi connectivity index (χ1n) is 8.83. The SMILES string of the molecule is CCCNc1nc(-c2ccc(OC)c(OC)c2OC)nc2sc(C#N)c(C)c12. The summed E-state index contributed by atoms with van der Waals surface area (Å²) in [6.45, 7) is 4.78. The molecule has 0 aliphatic carbocycles. The second kappa shape index (κ2) is 8.31. The lowest BCUT2D eigenvalue weighted by Gasteiger charge is -2.16. The van der Waals surface area contributed by atoms with Crippen molar-refractivity contribution in [3.05, 3.63) is 22.6 Å². The fraction of sp³-hybridized carbons (Fsp3) is 0.350. The first-order chi connectivity index (χ1) is 13.6. The van der Waals surface area contributed by atoms with Crippen molar-refractivity contribution in [2.75, 3.05) is 33.2 Å². The van der Waals surface area contributed by atoms with Crippen molar-refractivity contribution < 1.29 is 14.2 Å². The van der Waals surface area contributed by atoms with Crippen molar-refractivity contribution in [1.29, 1.82) is 5.26 Å². The first kappa shape index (κ1) is 19.7. The fourth-order valence-electron chi connectivity index (χ4n) is 3.01. The second-order valence-electron chi connectivity index (χ2n) is 6.05. The summed E-state index contributed by atoms with van der Waals surface area (Å²) >= 11 is 1.36. The van der Waals surface area contributed by atoms with Crippen molar-refractivity contribution in [2.24, 2.45) is 0 Å². The minimum Gasteiger partial charge on any atom is -0.493 e. The molecule has 2 heterocycles. The molecule has 0 spiro atoms. The molecule has 0 saturated heterocycles. The molecule has 8 heteroatoms. The molecular formula is C20H22N4O3S. The van der Waals surface area contributed by atoms with Crippen LogP contribution in [0.2, 0.25) is 0 Å². The Morgan fingerprint density at radius 1 is 1.11 bits per heavy atom. The lowest BCUT2D eigenvalue weighted by molar-refractivity contribution is 0.325. The minimum atomic E-state index is 0.481. The van der Waals surface area contributed by atoms with Crippen LogP contribution in [0, 0.1) is 18.3 Å². The third-order valence-electron chi connectivity index (χ3n) is 4.38. The number of fused-ring (bicyclic) bond motifs is 1. The van der Waals surface area contributed by atoms with E-state index in [2.05, 4.69) is 18.3 Å². The molecule has 3 rings (SSSR count). The lowest BCUT2D eigenvalue weighted by Crippen LogP contribution is -2.05. The van der Waals surface area contributed by atoms with Crippen LogP contribution in [0.1, 0.15) is 23.8 Å². The number of aromatic nitrogens is 2. The summed E-state index contributed by atoms with van der Waals surface area (Å²) in [5, 5.41) is 13.7. The Balaban J connectivity index is 2.28. The van der Waals surface area contributed by atoms with Crippen LogP contribution in [-0.4, -0.2) is 37.8 Å². The van der Waals surface area contributed by atoms with E-state index in [9.17, 15) is 5.26 Å². The zero-order chi connectivity index (χ0) is 20.3. The van der Waals surface area contributed by atoms with Crippen molar-refractivity contribution in [1.82, 2.24) is 9.97 Å². The van der Waals surface area contributed by atoms with Crippen LogP contribution >= 0.6 is 11.3 Å². The molecule has 0 unspecified atom stereocenters. The average Bonchev–Trinajstić information content (AvgIpc) is 3.06. The van der Waals surface area contributed by atoms with E-state index in [4.69, 9.17) is 24.2 Å². The Labute approximate surface area is 167 Å². The molecule has 0 saturated carbocycles. The van der Waals surface area contributed by atoms with Gasteiger partial charge in [-0.2, -0.15) is 5.26 Å². The van der Waals surface area contributed by atoms with Gasteiger partial charge in [-0.15, -0.1) is 11.3 Å². The third kappa shape index (κ3) is 3.29. The molecule has 0 aliphatic rings. The molecule has 0 amide bonds. The highest BCUT2D eigenvalue weighted by atomic mass is 32.1. The highest BCUT2D eigenvalue weighted by Crippen LogP contribution is 2.44. The number of hydrogen-bond donors (Lipinski definition) is 1. The number of hydrogen-bond acceptors (Lipinski definition) is 8. The Morgan fingerprint density at radius 2 is 1.86 bits per heavy atom. The third-order valence-corrected chi connectivity index (χ3v) is 5.47. The summed E-state index contributed by atoms with van der Waals surface area (Å²) < 4.78 is 16.4. The quantitative estimate of drug-likeness (QED) is 0.631. The number of nitrogens with zero attached hydrogens (tertiary/aromatic N) is 3. The summed E-state index contributed by atoms with van der Waals surface area (Å²) in [5.74, 6) is 2.75. The molecule has 0 bridgehead atoms. The first-order valence-corrected chi connectivity index (χ1v) is 9.65. The van der Waals surface area contributed by atoms with Gasteiger partial charge in [-0.3, -0.25) is 0 Å². The maximum absolute atomic E-state index is 9.42. The molecular weight excluding hydrogens is 376 g/mol. The number of thiophene rings is 1. The molecule has 0 fully saturated rings. The number of benzene rings is 1. The van der Waals surface area contributed by atoms with Gasteiger partial charge in [-0.1, -0.05) is 6.92 Å². The monoisotopic (exact) mass is 398 g/mol. The van der Waals surface area contributed by atoms with Crippen molar-refractivity contribution in [2.45, 2.75) is 20.3 Å². The number of nitriles is 1. The molecule has 0 radical (unpaired) electrons. The number of nitrogens with one attached hydrogen (secondary N) is 1. The van der Waals surface area contributed by atoms with Crippen LogP contribution in [0.5, 0.6) is 17.2 Å². The van der Waals surface area contributed by atoms with Gasteiger partial charge in [0.05, 0.1) is 32.3 Å². The molecule has 146 valence electrons. The highest BCUT2D eigenvalue weighted by molar-refractivity contribution is 7.19. The molecule has 0 aliphatic heterocycles. The van der Waals surface area contributed by atoms with Gasteiger partial charge in [0.1, 0.15) is 21.6 Å². The molecule has 1 N–H and O–H groups in total. The van der Waals surface area contributed by atoms with Gasteiger partial charge in [-0.25, -0.2) is 9.97 Å². The predicted molar refractivity (Wildman–Crippen MR) is 111 cm³/mol. The van der Waals surface area contributed by atoms with Gasteiger partial charge in [-0.05, 0) is 31.0 Å². The van der Waals surface area contributed by atoms with Gasteiger partial charge in [0.25, 0.3) is 0 Å². The number of aryl methyl sites for hydroxylation is 1. The summed E-state index contributed by atoms with van der Waals surface area (Å²) in [6, 6.07) is 5.88. The summed E-state index contributed by atoms with van der Waals surface area (Å²) in [7, 11) is 4.70. The van der Waals surface area contributed by atoms with E-state index >= 15 is 0 Å². The van der Waals surface area contributed by atoms with Crippen molar-refractivity contribution >= 4 is 27.4 Å². The summed E-state index contributed by atoms with van der Waals surface area (Å²) in [5.41, 5.74) is 1.58. The molecule has 28 heavy (non-hydrogen) atoms. The van der Waals surface area contributed by atoms with Gasteiger partial charge >= 0.3 is 0 Å². The van der Waals surface area contributed by atoms with E-state index in [1.165, 1.54) is 11.3 Å². The Morgan fingerprint density at radius 3 is 2.46 bits per heavy atom. The van der Waals surface area contributed by atoms with Crippen molar-refractivity contribution in [3.8, 4) is 34.7 Å². The number of anilines is 1. The van der Waals surface area contributed by atoms with Crippen LogP contribution in [0.4, 0.5) is 5.82 Å². The number of methoxy groups -OCH3 is 3. The van der Waals surface area contributed by atoms with Crippen LogP contribution in [0.25, 0.3) is 21.6 Å². The van der Waals surface area contributed by atoms with Gasteiger partial charge < -0.3 is 19.5 Å². The van der Waals surface area contributed by atoms with E-state index in [0.717, 1.165) is 28.7 Å². The maximum atomic E-state index is 9.42. The molecule has 2 aromatic heterocycles. The zero-order valence-corrected chi connectivity index (χ0v) is 17.4. The van der Waals surface area contributed by atoms with E-state index < -0.39 is 0 Å².